The smallest absolute Gasteiger partial charge is 0.320 e. The Morgan fingerprint density at radius 3 is 2.94 bits per heavy atom. The fourth-order valence-electron chi connectivity index (χ4n) is 5.20. The first-order valence-corrected chi connectivity index (χ1v) is 11.6. The second-order valence-corrected chi connectivity index (χ2v) is 8.97. The number of nitrogens with one attached hydrogen (secondary N) is 3. The number of carbonyl (C=O) groups is 1. The van der Waals surface area contributed by atoms with Crippen molar-refractivity contribution in [2.24, 2.45) is 0 Å². The summed E-state index contributed by atoms with van der Waals surface area (Å²) in [5.41, 5.74) is 3.10. The van der Waals surface area contributed by atoms with Gasteiger partial charge in [0.1, 0.15) is 11.6 Å². The van der Waals surface area contributed by atoms with Crippen LogP contribution in [0.1, 0.15) is 35.6 Å². The number of carbonyl (C=O) groups excluding carboxylic acids is 1. The third-order valence-electron chi connectivity index (χ3n) is 6.84. The first-order chi connectivity index (χ1) is 16.6. The summed E-state index contributed by atoms with van der Waals surface area (Å²) < 4.78 is 21.1. The van der Waals surface area contributed by atoms with Crippen molar-refractivity contribution in [3.05, 3.63) is 71.4 Å². The molecule has 9 heteroatoms. The minimum Gasteiger partial charge on any atom is -0.385 e. The first kappa shape index (κ1) is 22.5. The maximum Gasteiger partial charge on any atom is 0.320 e. The van der Waals surface area contributed by atoms with E-state index in [0.717, 1.165) is 41.8 Å². The van der Waals surface area contributed by atoms with Crippen molar-refractivity contribution >= 4 is 11.8 Å². The van der Waals surface area contributed by atoms with Gasteiger partial charge in [-0.2, -0.15) is 5.10 Å². The summed E-state index contributed by atoms with van der Waals surface area (Å²) in [6, 6.07) is 11.0. The average molecular weight is 465 g/mol. The normalized spacial score (nSPS) is 21.4. The number of methoxy groups -OCH3 is 1. The number of rotatable bonds is 7. The van der Waals surface area contributed by atoms with E-state index in [9.17, 15) is 9.18 Å². The van der Waals surface area contributed by atoms with Gasteiger partial charge in [0.2, 0.25) is 0 Å². The molecule has 0 unspecified atom stereocenters. The fraction of sp³-hybridized carbons (Fsp3) is 0.400. The van der Waals surface area contributed by atoms with Crippen molar-refractivity contribution in [3.63, 3.8) is 0 Å². The minimum atomic E-state index is -0.656. The maximum absolute atomic E-state index is 14.0. The Balaban J connectivity index is 1.43. The van der Waals surface area contributed by atoms with Gasteiger partial charge >= 0.3 is 6.03 Å². The topological polar surface area (TPSA) is 93.1 Å². The average Bonchev–Trinajstić information content (AvgIpc) is 3.55. The summed E-state index contributed by atoms with van der Waals surface area (Å²) in [6.45, 7) is 1.60. The molecule has 3 heterocycles. The Kier molecular flexibility index (Phi) is 6.30. The number of benzene rings is 1. The monoisotopic (exact) mass is 464 g/mol. The molecular formula is C25H29FN6O2. The number of hydrogen-bond acceptors (Lipinski definition) is 5. The van der Waals surface area contributed by atoms with E-state index in [0.29, 0.717) is 31.9 Å². The molecule has 2 atom stereocenters. The number of para-hydroxylation sites is 1. The molecular weight excluding hydrogens is 435 g/mol. The zero-order chi connectivity index (χ0) is 23.5. The molecule has 1 saturated heterocycles. The van der Waals surface area contributed by atoms with E-state index in [4.69, 9.17) is 9.84 Å². The molecule has 0 saturated carbocycles. The number of amides is 2. The number of aryl methyl sites for hydroxylation is 1. The highest BCUT2D eigenvalue weighted by Crippen LogP contribution is 2.35. The molecule has 2 aliphatic rings. The van der Waals surface area contributed by atoms with Gasteiger partial charge in [0, 0.05) is 44.5 Å². The highest BCUT2D eigenvalue weighted by molar-refractivity contribution is 5.90. The van der Waals surface area contributed by atoms with Crippen molar-refractivity contribution in [1.29, 1.82) is 0 Å². The molecule has 3 N–H and O–H groups in total. The molecule has 0 radical (unpaired) electrons. The number of fused-ring (bicyclic) bond motifs is 1. The van der Waals surface area contributed by atoms with Crippen molar-refractivity contribution < 1.29 is 13.9 Å². The van der Waals surface area contributed by atoms with Gasteiger partial charge in [0.15, 0.2) is 0 Å². The van der Waals surface area contributed by atoms with Crippen LogP contribution in [0.2, 0.25) is 0 Å². The lowest BCUT2D eigenvalue weighted by Crippen LogP contribution is -2.55. The summed E-state index contributed by atoms with van der Waals surface area (Å²) in [4.78, 5) is 17.5. The number of nitrogens with zero attached hydrogens (tertiary/aromatic N) is 3. The van der Waals surface area contributed by atoms with Crippen LogP contribution in [0.15, 0.2) is 48.8 Å². The number of urea groups is 1. The van der Waals surface area contributed by atoms with Gasteiger partial charge in [-0.15, -0.1) is 0 Å². The van der Waals surface area contributed by atoms with Gasteiger partial charge in [0.25, 0.3) is 0 Å². The number of hydrogen-bond donors (Lipinski definition) is 3. The lowest BCUT2D eigenvalue weighted by molar-refractivity contribution is 0.155. The molecule has 178 valence electrons. The van der Waals surface area contributed by atoms with Crippen LogP contribution in [0.3, 0.4) is 0 Å². The molecule has 1 aliphatic carbocycles. The van der Waals surface area contributed by atoms with E-state index in [1.54, 1.807) is 13.3 Å². The fourth-order valence-corrected chi connectivity index (χ4v) is 5.20. The molecule has 5 rings (SSSR count). The number of ether oxygens (including phenoxy) is 1. The van der Waals surface area contributed by atoms with Crippen molar-refractivity contribution in [3.8, 4) is 5.69 Å². The zero-order valence-electron chi connectivity index (χ0n) is 19.2. The summed E-state index contributed by atoms with van der Waals surface area (Å²) in [7, 11) is 1.64. The molecule has 0 bridgehead atoms. The van der Waals surface area contributed by atoms with E-state index < -0.39 is 11.4 Å². The number of pyridine rings is 1. The van der Waals surface area contributed by atoms with Gasteiger partial charge in [-0.25, -0.2) is 13.9 Å². The largest absolute Gasteiger partial charge is 0.385 e. The van der Waals surface area contributed by atoms with Gasteiger partial charge < -0.3 is 15.4 Å². The lowest BCUT2D eigenvalue weighted by atomic mass is 9.80. The highest BCUT2D eigenvalue weighted by atomic mass is 19.1. The lowest BCUT2D eigenvalue weighted by Gasteiger charge is -2.36. The molecule has 8 nitrogen and oxygen atoms in total. The Bertz CT molecular complexity index is 1170. The van der Waals surface area contributed by atoms with Crippen LogP contribution < -0.4 is 16.0 Å². The van der Waals surface area contributed by atoms with Crippen LogP contribution in [-0.2, 0) is 17.6 Å². The van der Waals surface area contributed by atoms with Crippen molar-refractivity contribution in [1.82, 2.24) is 25.4 Å². The summed E-state index contributed by atoms with van der Waals surface area (Å²) >= 11 is 0. The molecule has 2 aromatic heterocycles. The molecule has 0 spiro atoms. The van der Waals surface area contributed by atoms with Crippen LogP contribution in [0.25, 0.3) is 5.69 Å². The Morgan fingerprint density at radius 2 is 2.15 bits per heavy atom. The second kappa shape index (κ2) is 9.52. The van der Waals surface area contributed by atoms with E-state index in [2.05, 4.69) is 20.9 Å². The van der Waals surface area contributed by atoms with Crippen LogP contribution >= 0.6 is 0 Å². The predicted octanol–water partition coefficient (Wildman–Crippen LogP) is 3.18. The molecule has 1 aliphatic heterocycles. The molecule has 34 heavy (non-hydrogen) atoms. The second-order valence-electron chi connectivity index (χ2n) is 8.97. The molecule has 3 aromatic rings. The summed E-state index contributed by atoms with van der Waals surface area (Å²) in [5, 5.41) is 14.5. The molecule has 1 fully saturated rings. The van der Waals surface area contributed by atoms with Crippen molar-refractivity contribution in [2.45, 2.75) is 37.1 Å². The van der Waals surface area contributed by atoms with Crippen LogP contribution in [0, 0.1) is 5.82 Å². The van der Waals surface area contributed by atoms with Gasteiger partial charge in [-0.05, 0) is 49.4 Å². The Labute approximate surface area is 197 Å². The standard InChI is InChI=1S/C25H29FN6O2/c1-34-11-10-25(16-28-15-21(25)17-12-18(26)14-27-13-17)30-24(33)29-23-20-8-5-9-22(20)31-32(23)19-6-3-2-4-7-19/h2-4,6-7,12-14,21,28H,5,8-11,15-16H2,1H3,(H2,29,30,33)/t21-,25+/m0/s1. The van der Waals surface area contributed by atoms with E-state index >= 15 is 0 Å². The van der Waals surface area contributed by atoms with Gasteiger partial charge in [-0.1, -0.05) is 18.2 Å². The summed E-state index contributed by atoms with van der Waals surface area (Å²) in [6.07, 6.45) is 6.24. The minimum absolute atomic E-state index is 0.152. The molecule has 2 amide bonds. The first-order valence-electron chi connectivity index (χ1n) is 11.6. The Hall–Kier alpha value is -3.30. The van der Waals surface area contributed by atoms with E-state index in [1.807, 2.05) is 35.0 Å². The molecule has 1 aromatic carbocycles. The van der Waals surface area contributed by atoms with Crippen molar-refractivity contribution in [2.75, 3.05) is 32.1 Å². The van der Waals surface area contributed by atoms with E-state index in [-0.39, 0.29) is 11.9 Å². The highest BCUT2D eigenvalue weighted by Gasteiger charge is 2.45. The third kappa shape index (κ3) is 4.28. The number of anilines is 1. The van der Waals surface area contributed by atoms with E-state index in [1.165, 1.54) is 12.3 Å². The summed E-state index contributed by atoms with van der Waals surface area (Å²) in [5.74, 6) is 0.159. The number of halogens is 1. The van der Waals surface area contributed by atoms with Crippen LogP contribution in [0.4, 0.5) is 15.0 Å². The quantitative estimate of drug-likeness (QED) is 0.500. The number of aromatic nitrogens is 3. The van der Waals surface area contributed by atoms with Gasteiger partial charge in [-0.3, -0.25) is 10.3 Å². The van der Waals surface area contributed by atoms with Gasteiger partial charge in [0.05, 0.1) is 23.1 Å². The zero-order valence-corrected chi connectivity index (χ0v) is 19.2. The van der Waals surface area contributed by atoms with Crippen LogP contribution in [-0.4, -0.2) is 53.1 Å². The maximum atomic E-state index is 14.0. The predicted molar refractivity (Wildman–Crippen MR) is 127 cm³/mol. The Morgan fingerprint density at radius 1 is 1.29 bits per heavy atom. The third-order valence-corrected chi connectivity index (χ3v) is 6.84. The van der Waals surface area contributed by atoms with Crippen LogP contribution in [0.5, 0.6) is 0 Å². The SMILES string of the molecule is COCC[C@@]1(NC(=O)Nc2c3c(nn2-c2ccccc2)CCC3)CNC[C@H]1c1cncc(F)c1.